The van der Waals surface area contributed by atoms with E-state index in [4.69, 9.17) is 16.0 Å². The lowest BCUT2D eigenvalue weighted by Crippen LogP contribution is -2.10. The number of pyridine rings is 1. The maximum absolute atomic E-state index is 6.99. The van der Waals surface area contributed by atoms with Crippen molar-refractivity contribution in [1.29, 1.82) is 0 Å². The summed E-state index contributed by atoms with van der Waals surface area (Å²) in [7, 11) is 0. The van der Waals surface area contributed by atoms with Crippen LogP contribution in [-0.4, -0.2) is 9.55 Å². The van der Waals surface area contributed by atoms with Gasteiger partial charge in [0, 0.05) is 61.7 Å². The first kappa shape index (κ1) is 26.6. The van der Waals surface area contributed by atoms with Gasteiger partial charge in [0.25, 0.3) is 0 Å². The molecule has 5 heteroatoms. The molecule has 218 valence electrons. The van der Waals surface area contributed by atoms with Crippen LogP contribution in [0.1, 0.15) is 0 Å². The number of hydrogen-bond donors (Lipinski definition) is 0. The van der Waals surface area contributed by atoms with E-state index in [0.29, 0.717) is 5.02 Å². The Balaban J connectivity index is 1.39. The van der Waals surface area contributed by atoms with E-state index in [1.54, 1.807) is 0 Å². The van der Waals surface area contributed by atoms with Gasteiger partial charge in [-0.25, -0.2) is 0 Å². The Morgan fingerprint density at radius 2 is 1.26 bits per heavy atom. The summed E-state index contributed by atoms with van der Waals surface area (Å²) in [6.07, 6.45) is 3.63. The largest absolute Gasteiger partial charge is 0.454 e. The van der Waals surface area contributed by atoms with Gasteiger partial charge in [-0.05, 0) is 83.9 Å². The molecule has 0 aliphatic rings. The molecule has 46 heavy (non-hydrogen) atoms. The van der Waals surface area contributed by atoms with E-state index in [9.17, 15) is 0 Å². The predicted octanol–water partition coefficient (Wildman–Crippen LogP) is 11.9. The zero-order valence-electron chi connectivity index (χ0n) is 24.6. The monoisotopic (exact) mass is 611 g/mol. The lowest BCUT2D eigenvalue weighted by molar-refractivity contribution is 0.671. The Hall–Kier alpha value is -5.84. The summed E-state index contributed by atoms with van der Waals surface area (Å²) in [6, 6.07) is 50.3. The Bertz CT molecular complexity index is 2500. The van der Waals surface area contributed by atoms with Crippen molar-refractivity contribution in [3.8, 4) is 16.8 Å². The normalized spacial score (nSPS) is 11.6. The summed E-state index contributed by atoms with van der Waals surface area (Å²) < 4.78 is 9.12. The van der Waals surface area contributed by atoms with Gasteiger partial charge in [0.2, 0.25) is 0 Å². The molecule has 0 N–H and O–H groups in total. The quantitative estimate of drug-likeness (QED) is 0.194. The van der Waals surface area contributed by atoms with Gasteiger partial charge >= 0.3 is 0 Å². The van der Waals surface area contributed by atoms with Crippen molar-refractivity contribution in [3.63, 3.8) is 0 Å². The Morgan fingerprint density at radius 1 is 0.587 bits per heavy atom. The topological polar surface area (TPSA) is 34.2 Å². The summed E-state index contributed by atoms with van der Waals surface area (Å²) in [6.45, 7) is 0. The molecule has 0 saturated heterocycles. The zero-order valence-corrected chi connectivity index (χ0v) is 25.4. The summed E-state index contributed by atoms with van der Waals surface area (Å²) >= 11 is 6.99. The van der Waals surface area contributed by atoms with Gasteiger partial charge in [-0.15, -0.1) is 0 Å². The molecule has 0 spiro atoms. The first-order chi connectivity index (χ1) is 22.7. The Morgan fingerprint density at radius 3 is 2.07 bits per heavy atom. The lowest BCUT2D eigenvalue weighted by atomic mass is 9.96. The molecule has 0 aliphatic heterocycles. The lowest BCUT2D eigenvalue weighted by Gasteiger charge is -2.26. The van der Waals surface area contributed by atoms with Crippen molar-refractivity contribution >= 4 is 72.4 Å². The van der Waals surface area contributed by atoms with Crippen molar-refractivity contribution in [3.05, 3.63) is 163 Å². The summed E-state index contributed by atoms with van der Waals surface area (Å²) in [5.74, 6) is 0. The highest BCUT2D eigenvalue weighted by atomic mass is 35.5. The first-order valence-corrected chi connectivity index (χ1v) is 15.6. The van der Waals surface area contributed by atoms with Crippen LogP contribution in [0.25, 0.3) is 60.6 Å². The molecule has 3 heterocycles. The smallest absolute Gasteiger partial charge is 0.160 e. The number of nitrogens with zero attached hydrogens (tertiary/aromatic N) is 3. The fourth-order valence-corrected chi connectivity index (χ4v) is 7.01. The van der Waals surface area contributed by atoms with Gasteiger partial charge in [-0.3, -0.25) is 4.98 Å². The Kier molecular flexibility index (Phi) is 6.15. The summed E-state index contributed by atoms with van der Waals surface area (Å²) in [5.41, 5.74) is 10.0. The van der Waals surface area contributed by atoms with Crippen LogP contribution in [0.5, 0.6) is 0 Å². The molecule has 3 aromatic heterocycles. The Labute approximate surface area is 270 Å². The molecule has 0 radical (unpaired) electrons. The van der Waals surface area contributed by atoms with Crippen LogP contribution < -0.4 is 4.90 Å². The number of hydrogen-bond acceptors (Lipinski definition) is 3. The third-order valence-corrected chi connectivity index (χ3v) is 8.90. The maximum atomic E-state index is 6.99. The molecule has 6 aromatic carbocycles. The summed E-state index contributed by atoms with van der Waals surface area (Å²) in [5, 5.41) is 5.06. The predicted molar refractivity (Wildman–Crippen MR) is 191 cm³/mol. The fraction of sp³-hybridized carbons (Fsp3) is 0. The van der Waals surface area contributed by atoms with Crippen molar-refractivity contribution in [2.24, 2.45) is 0 Å². The van der Waals surface area contributed by atoms with Gasteiger partial charge in [-0.2, -0.15) is 0 Å². The highest BCUT2D eigenvalue weighted by Gasteiger charge is 2.23. The first-order valence-electron chi connectivity index (χ1n) is 15.2. The second-order valence-corrected chi connectivity index (χ2v) is 11.8. The highest BCUT2D eigenvalue weighted by Crippen LogP contribution is 2.46. The number of para-hydroxylation sites is 4. The van der Waals surface area contributed by atoms with E-state index in [0.717, 1.165) is 77.6 Å². The van der Waals surface area contributed by atoms with E-state index in [1.165, 1.54) is 0 Å². The SMILES string of the molecule is Clc1cc(-c2cc3c4ccccc4n(-c4ccccc4)c3c3oc4ccccc4c23)cc(N(c2ccccc2)c2ccncc2)c1. The number of halogens is 1. The van der Waals surface area contributed by atoms with Gasteiger partial charge in [0.15, 0.2) is 5.58 Å². The highest BCUT2D eigenvalue weighted by molar-refractivity contribution is 6.32. The van der Waals surface area contributed by atoms with Crippen LogP contribution >= 0.6 is 11.6 Å². The number of fused-ring (bicyclic) bond motifs is 7. The number of aromatic nitrogens is 2. The molecule has 9 rings (SSSR count). The molecule has 0 saturated carbocycles. The molecule has 4 nitrogen and oxygen atoms in total. The van der Waals surface area contributed by atoms with E-state index < -0.39 is 0 Å². The van der Waals surface area contributed by atoms with Crippen LogP contribution in [0.2, 0.25) is 5.02 Å². The van der Waals surface area contributed by atoms with E-state index in [1.807, 2.05) is 67.0 Å². The van der Waals surface area contributed by atoms with E-state index in [-0.39, 0.29) is 0 Å². The standard InChI is InChI=1S/C41H26ClN3O/c42-28-23-27(24-32(25-28)44(29-11-3-1-4-12-29)31-19-21-43-22-20-31)35-26-36-33-15-7-9-17-37(33)45(30-13-5-2-6-14-30)40(36)41-39(35)34-16-8-10-18-38(34)46-41/h1-26H. The maximum Gasteiger partial charge on any atom is 0.160 e. The van der Waals surface area contributed by atoms with Crippen LogP contribution in [0.4, 0.5) is 17.1 Å². The molecule has 9 aromatic rings. The van der Waals surface area contributed by atoms with Crippen molar-refractivity contribution < 1.29 is 4.42 Å². The second kappa shape index (κ2) is 10.7. The molecule has 0 unspecified atom stereocenters. The van der Waals surface area contributed by atoms with Crippen LogP contribution in [0.15, 0.2) is 162 Å². The second-order valence-electron chi connectivity index (χ2n) is 11.4. The fourth-order valence-electron chi connectivity index (χ4n) is 6.78. The average molecular weight is 612 g/mol. The van der Waals surface area contributed by atoms with Gasteiger partial charge < -0.3 is 13.9 Å². The van der Waals surface area contributed by atoms with E-state index >= 15 is 0 Å². The number of rotatable bonds is 5. The van der Waals surface area contributed by atoms with Gasteiger partial charge in [0.1, 0.15) is 5.58 Å². The van der Waals surface area contributed by atoms with Crippen molar-refractivity contribution in [2.75, 3.05) is 4.90 Å². The van der Waals surface area contributed by atoms with Crippen LogP contribution in [0.3, 0.4) is 0 Å². The minimum atomic E-state index is 0.648. The van der Waals surface area contributed by atoms with E-state index in [2.05, 4.69) is 105 Å². The molecule has 0 bridgehead atoms. The zero-order chi connectivity index (χ0) is 30.6. The van der Waals surface area contributed by atoms with Crippen molar-refractivity contribution in [1.82, 2.24) is 9.55 Å². The van der Waals surface area contributed by atoms with Gasteiger partial charge in [-0.1, -0.05) is 84.4 Å². The molecular weight excluding hydrogens is 586 g/mol. The van der Waals surface area contributed by atoms with Gasteiger partial charge in [0.05, 0.1) is 11.0 Å². The molecular formula is C41H26ClN3O. The molecule has 0 atom stereocenters. The minimum Gasteiger partial charge on any atom is -0.454 e. The third-order valence-electron chi connectivity index (χ3n) is 8.68. The average Bonchev–Trinajstić information content (AvgIpc) is 3.66. The molecule has 0 amide bonds. The minimum absolute atomic E-state index is 0.648. The van der Waals surface area contributed by atoms with Crippen LogP contribution in [0, 0.1) is 0 Å². The third kappa shape index (κ3) is 4.19. The number of furan rings is 1. The number of benzene rings is 6. The summed E-state index contributed by atoms with van der Waals surface area (Å²) in [4.78, 5) is 6.48. The van der Waals surface area contributed by atoms with Crippen LogP contribution in [-0.2, 0) is 0 Å². The van der Waals surface area contributed by atoms with Crippen molar-refractivity contribution in [2.45, 2.75) is 0 Å². The molecule has 0 aliphatic carbocycles. The molecule has 0 fully saturated rings. The number of anilines is 3.